The van der Waals surface area contributed by atoms with Crippen molar-refractivity contribution in [3.05, 3.63) is 29.6 Å². The summed E-state index contributed by atoms with van der Waals surface area (Å²) >= 11 is 0. The molecule has 5 nitrogen and oxygen atoms in total. The fraction of sp³-hybridized carbons (Fsp3) is 0.385. The lowest BCUT2D eigenvalue weighted by molar-refractivity contribution is 0.305. The summed E-state index contributed by atoms with van der Waals surface area (Å²) < 4.78 is 41.6. The maximum Gasteiger partial charge on any atom is 0.299 e. The van der Waals surface area contributed by atoms with Crippen LogP contribution in [-0.2, 0) is 10.2 Å². The second-order valence-corrected chi connectivity index (χ2v) is 5.91. The minimum atomic E-state index is -3.68. The highest BCUT2D eigenvalue weighted by atomic mass is 32.2. The number of hydrogen-bond acceptors (Lipinski definition) is 3. The average Bonchev–Trinajstić information content (AvgIpc) is 3.16. The van der Waals surface area contributed by atoms with Gasteiger partial charge in [-0.25, -0.2) is 4.39 Å². The zero-order valence-corrected chi connectivity index (χ0v) is 11.5. The van der Waals surface area contributed by atoms with Crippen LogP contribution in [0.1, 0.15) is 24.8 Å². The molecule has 1 aliphatic rings. The van der Waals surface area contributed by atoms with Gasteiger partial charge >= 0.3 is 0 Å². The van der Waals surface area contributed by atoms with Crippen LogP contribution in [0.4, 0.5) is 10.1 Å². The summed E-state index contributed by atoms with van der Waals surface area (Å²) in [5, 5.41) is 8.66. The molecule has 108 valence electrons. The Balaban J connectivity index is 2.20. The smallest absolute Gasteiger partial charge is 0.299 e. The fourth-order valence-corrected chi connectivity index (χ4v) is 2.72. The first-order valence-electron chi connectivity index (χ1n) is 6.19. The number of halogens is 1. The van der Waals surface area contributed by atoms with Crippen molar-refractivity contribution >= 4 is 15.9 Å². The number of anilines is 1. The molecule has 0 spiro atoms. The summed E-state index contributed by atoms with van der Waals surface area (Å²) in [6.45, 7) is -0.105. The number of rotatable bonds is 5. The average molecular weight is 298 g/mol. The van der Waals surface area contributed by atoms with Crippen molar-refractivity contribution in [2.75, 3.05) is 11.3 Å². The van der Waals surface area contributed by atoms with Gasteiger partial charge < -0.3 is 5.11 Å². The number of aliphatic hydroxyl groups excluding tert-OH is 1. The van der Waals surface area contributed by atoms with E-state index >= 15 is 0 Å². The lowest BCUT2D eigenvalue weighted by atomic mass is 10.2. The van der Waals surface area contributed by atoms with E-state index in [9.17, 15) is 12.8 Å². The van der Waals surface area contributed by atoms with Gasteiger partial charge in [0.2, 0.25) is 0 Å². The van der Waals surface area contributed by atoms with E-state index in [2.05, 4.69) is 21.3 Å². The SMILES string of the molecule is O=S(=O)(Nc1ccc(F)cc1C#CCCO)NC1CC1. The van der Waals surface area contributed by atoms with Gasteiger partial charge in [0.1, 0.15) is 5.82 Å². The number of hydrogen-bond donors (Lipinski definition) is 3. The Morgan fingerprint density at radius 1 is 1.40 bits per heavy atom. The molecule has 1 saturated carbocycles. The Morgan fingerprint density at radius 3 is 2.80 bits per heavy atom. The zero-order chi connectivity index (χ0) is 14.6. The Hall–Kier alpha value is -1.62. The van der Waals surface area contributed by atoms with Crippen LogP contribution in [-0.4, -0.2) is 26.2 Å². The Bertz CT molecular complexity index is 645. The Morgan fingerprint density at radius 2 is 2.15 bits per heavy atom. The van der Waals surface area contributed by atoms with E-state index in [-0.39, 0.29) is 30.3 Å². The van der Waals surface area contributed by atoms with Crippen molar-refractivity contribution < 1.29 is 17.9 Å². The molecule has 1 aliphatic carbocycles. The predicted octanol–water partition coefficient (Wildman–Crippen LogP) is 0.968. The summed E-state index contributed by atoms with van der Waals surface area (Å²) in [6.07, 6.45) is 1.89. The van der Waals surface area contributed by atoms with Gasteiger partial charge in [-0.15, -0.1) is 0 Å². The standard InChI is InChI=1S/C13H15FN2O3S/c14-11-4-7-13(10(9-11)3-1-2-8-17)16-20(18,19)15-12-5-6-12/h4,7,9,12,15-17H,2,5-6,8H2. The van der Waals surface area contributed by atoms with Crippen LogP contribution in [0, 0.1) is 17.7 Å². The molecule has 1 fully saturated rings. The molecule has 7 heteroatoms. The molecule has 0 unspecified atom stereocenters. The third kappa shape index (κ3) is 4.49. The van der Waals surface area contributed by atoms with Crippen molar-refractivity contribution in [2.45, 2.75) is 25.3 Å². The van der Waals surface area contributed by atoms with E-state index < -0.39 is 16.0 Å². The number of benzene rings is 1. The molecule has 0 aromatic heterocycles. The van der Waals surface area contributed by atoms with Gasteiger partial charge in [0.05, 0.1) is 17.9 Å². The summed E-state index contributed by atoms with van der Waals surface area (Å²) in [4.78, 5) is 0. The van der Waals surface area contributed by atoms with Crippen LogP contribution in [0.25, 0.3) is 0 Å². The van der Waals surface area contributed by atoms with E-state index in [0.29, 0.717) is 0 Å². The zero-order valence-electron chi connectivity index (χ0n) is 10.7. The lowest BCUT2D eigenvalue weighted by Crippen LogP contribution is -2.32. The summed E-state index contributed by atoms with van der Waals surface area (Å²) in [6, 6.07) is 3.62. The maximum absolute atomic E-state index is 13.2. The molecule has 0 amide bonds. The molecular weight excluding hydrogens is 283 g/mol. The minimum Gasteiger partial charge on any atom is -0.395 e. The summed E-state index contributed by atoms with van der Waals surface area (Å²) in [7, 11) is -3.68. The van der Waals surface area contributed by atoms with Gasteiger partial charge in [0.25, 0.3) is 10.2 Å². The minimum absolute atomic E-state index is 0.0168. The third-order valence-corrected chi connectivity index (χ3v) is 3.72. The van der Waals surface area contributed by atoms with Crippen LogP contribution in [0.15, 0.2) is 18.2 Å². The molecule has 3 N–H and O–H groups in total. The normalized spacial score (nSPS) is 14.5. The third-order valence-electron chi connectivity index (χ3n) is 2.58. The van der Waals surface area contributed by atoms with E-state index in [1.54, 1.807) is 0 Å². The van der Waals surface area contributed by atoms with Crippen LogP contribution < -0.4 is 9.44 Å². The molecule has 0 atom stereocenters. The molecule has 0 aliphatic heterocycles. The first-order chi connectivity index (χ1) is 9.50. The number of nitrogens with one attached hydrogen (secondary N) is 2. The second-order valence-electron chi connectivity index (χ2n) is 4.46. The second kappa shape index (κ2) is 6.22. The molecule has 1 aromatic carbocycles. The number of aliphatic hydroxyl groups is 1. The van der Waals surface area contributed by atoms with Crippen molar-refractivity contribution in [2.24, 2.45) is 0 Å². The fourth-order valence-electron chi connectivity index (χ4n) is 1.52. The van der Waals surface area contributed by atoms with Gasteiger partial charge in [-0.05, 0) is 31.0 Å². The molecule has 0 bridgehead atoms. The lowest BCUT2D eigenvalue weighted by Gasteiger charge is -2.10. The molecule has 0 heterocycles. The molecular formula is C13H15FN2O3S. The van der Waals surface area contributed by atoms with Gasteiger partial charge in [-0.1, -0.05) is 11.8 Å². The van der Waals surface area contributed by atoms with E-state index in [0.717, 1.165) is 25.0 Å². The monoisotopic (exact) mass is 298 g/mol. The van der Waals surface area contributed by atoms with Crippen molar-refractivity contribution in [3.63, 3.8) is 0 Å². The highest BCUT2D eigenvalue weighted by Crippen LogP contribution is 2.22. The van der Waals surface area contributed by atoms with Crippen molar-refractivity contribution in [1.82, 2.24) is 4.72 Å². The highest BCUT2D eigenvalue weighted by Gasteiger charge is 2.27. The van der Waals surface area contributed by atoms with Gasteiger partial charge in [0, 0.05) is 12.5 Å². The Kier molecular flexibility index (Phi) is 4.60. The van der Waals surface area contributed by atoms with Gasteiger partial charge in [0.15, 0.2) is 0 Å². The molecule has 0 saturated heterocycles. The quantitative estimate of drug-likeness (QED) is 0.709. The van der Waals surface area contributed by atoms with E-state index in [1.807, 2.05) is 0 Å². The largest absolute Gasteiger partial charge is 0.395 e. The molecule has 20 heavy (non-hydrogen) atoms. The van der Waals surface area contributed by atoms with Crippen LogP contribution in [0.2, 0.25) is 0 Å². The van der Waals surface area contributed by atoms with Crippen molar-refractivity contribution in [3.8, 4) is 11.8 Å². The Labute approximate surface area is 117 Å². The maximum atomic E-state index is 13.2. The molecule has 0 radical (unpaired) electrons. The first-order valence-corrected chi connectivity index (χ1v) is 7.68. The van der Waals surface area contributed by atoms with Crippen LogP contribution in [0.5, 0.6) is 0 Å². The predicted molar refractivity (Wildman–Crippen MR) is 73.7 cm³/mol. The molecule has 1 aromatic rings. The van der Waals surface area contributed by atoms with Crippen molar-refractivity contribution in [1.29, 1.82) is 0 Å². The summed E-state index contributed by atoms with van der Waals surface area (Å²) in [5.74, 6) is 4.77. The van der Waals surface area contributed by atoms with Crippen LogP contribution >= 0.6 is 0 Å². The summed E-state index contributed by atoms with van der Waals surface area (Å²) in [5.41, 5.74) is 0.449. The van der Waals surface area contributed by atoms with E-state index in [1.165, 1.54) is 6.07 Å². The molecule has 2 rings (SSSR count). The van der Waals surface area contributed by atoms with E-state index in [4.69, 9.17) is 5.11 Å². The van der Waals surface area contributed by atoms with Crippen LogP contribution in [0.3, 0.4) is 0 Å². The van der Waals surface area contributed by atoms with Gasteiger partial charge in [-0.3, -0.25) is 4.72 Å². The topological polar surface area (TPSA) is 78.4 Å². The van der Waals surface area contributed by atoms with Gasteiger partial charge in [-0.2, -0.15) is 13.1 Å². The highest BCUT2D eigenvalue weighted by molar-refractivity contribution is 7.90. The first kappa shape index (κ1) is 14.8.